The van der Waals surface area contributed by atoms with Crippen molar-refractivity contribution in [3.63, 3.8) is 0 Å². The van der Waals surface area contributed by atoms with Crippen LogP contribution >= 0.6 is 0 Å². The summed E-state index contributed by atoms with van der Waals surface area (Å²) in [6.45, 7) is 4.20. The summed E-state index contributed by atoms with van der Waals surface area (Å²) in [6.07, 6.45) is -1.22. The number of hydrazone groups is 1. The second-order valence-electron chi connectivity index (χ2n) is 8.05. The van der Waals surface area contributed by atoms with Crippen LogP contribution in [0.4, 0.5) is 0 Å². The van der Waals surface area contributed by atoms with Crippen molar-refractivity contribution in [3.8, 4) is 0 Å². The normalized spacial score (nSPS) is 64.0. The van der Waals surface area contributed by atoms with Gasteiger partial charge in [-0.05, 0) is 74.4 Å². The molecule has 0 aromatic rings. The van der Waals surface area contributed by atoms with E-state index in [2.05, 4.69) is 12.0 Å². The van der Waals surface area contributed by atoms with E-state index in [0.717, 1.165) is 31.4 Å². The van der Waals surface area contributed by atoms with E-state index < -0.39 is 24.2 Å². The summed E-state index contributed by atoms with van der Waals surface area (Å²) in [5, 5.41) is 14.6. The topological polar surface area (TPSA) is 58.6 Å². The minimum absolute atomic E-state index is 0.0134. The lowest BCUT2D eigenvalue weighted by atomic mass is 9.48. The van der Waals surface area contributed by atoms with Gasteiger partial charge in [-0.15, -0.1) is 0 Å². The summed E-state index contributed by atoms with van der Waals surface area (Å²) < 4.78 is 41.7. The molecule has 3 fully saturated rings. The minimum atomic E-state index is -2.78. The van der Waals surface area contributed by atoms with Gasteiger partial charge in [0.2, 0.25) is 0 Å². The highest BCUT2D eigenvalue weighted by atomic mass is 16.3. The van der Waals surface area contributed by atoms with Crippen LogP contribution in [0.1, 0.15) is 72.0 Å². The highest BCUT2D eigenvalue weighted by molar-refractivity contribution is 5.92. The van der Waals surface area contributed by atoms with Crippen molar-refractivity contribution in [1.82, 2.24) is 0 Å². The Morgan fingerprint density at radius 2 is 2.09 bits per heavy atom. The molecule has 0 heterocycles. The number of allylic oxidation sites excluding steroid dienone is 1. The van der Waals surface area contributed by atoms with Crippen LogP contribution in [0, 0.1) is 28.6 Å². The molecule has 4 aliphatic carbocycles. The Bertz CT molecular complexity index is 734. The zero-order valence-corrected chi connectivity index (χ0v) is 13.5. The summed E-state index contributed by atoms with van der Waals surface area (Å²) >= 11 is 0. The molecule has 0 aliphatic heterocycles. The van der Waals surface area contributed by atoms with Gasteiger partial charge >= 0.3 is 0 Å². The third kappa shape index (κ3) is 1.81. The van der Waals surface area contributed by atoms with E-state index in [4.69, 9.17) is 12.7 Å². The second-order valence-corrected chi connectivity index (χ2v) is 8.05. The number of hydrogen-bond acceptors (Lipinski definition) is 3. The molecule has 4 aliphatic rings. The van der Waals surface area contributed by atoms with Gasteiger partial charge in [0.1, 0.15) is 0 Å². The number of aliphatic hydroxyl groups is 1. The van der Waals surface area contributed by atoms with Gasteiger partial charge in [0, 0.05) is 16.6 Å². The van der Waals surface area contributed by atoms with Crippen molar-refractivity contribution in [3.05, 3.63) is 11.6 Å². The molecule has 0 radical (unpaired) electrons. The van der Waals surface area contributed by atoms with Crippen LogP contribution in [0.5, 0.6) is 0 Å². The monoisotopic (exact) mass is 307 g/mol. The van der Waals surface area contributed by atoms with E-state index in [0.29, 0.717) is 23.8 Å². The predicted octanol–water partition coefficient (Wildman–Crippen LogP) is 3.62. The largest absolute Gasteiger partial charge is 0.393 e. The summed E-state index contributed by atoms with van der Waals surface area (Å²) in [5.74, 6) is 6.55. The first-order valence-corrected chi connectivity index (χ1v) is 8.54. The summed E-state index contributed by atoms with van der Waals surface area (Å²) in [4.78, 5) is 0. The van der Waals surface area contributed by atoms with Crippen LogP contribution in [0.25, 0.3) is 0 Å². The fourth-order valence-electron chi connectivity index (χ4n) is 5.95. The predicted molar refractivity (Wildman–Crippen MR) is 89.3 cm³/mol. The summed E-state index contributed by atoms with van der Waals surface area (Å²) in [6, 6.07) is 0. The molecule has 22 heavy (non-hydrogen) atoms. The molecule has 122 valence electrons. The third-order valence-corrected chi connectivity index (χ3v) is 7.24. The molecular formula is C19H30N2O. The molecule has 3 nitrogen and oxygen atoms in total. The van der Waals surface area contributed by atoms with Crippen LogP contribution in [0.2, 0.25) is 0 Å². The lowest BCUT2D eigenvalue weighted by molar-refractivity contribution is -0.0209. The Labute approximate surface area is 141 Å². The number of nitrogens with zero attached hydrogens (tertiary/aromatic N) is 1. The van der Waals surface area contributed by atoms with Crippen LogP contribution in [0.15, 0.2) is 16.8 Å². The highest BCUT2D eigenvalue weighted by Crippen LogP contribution is 2.64. The van der Waals surface area contributed by atoms with E-state index in [1.54, 1.807) is 0 Å². The molecule has 3 saturated carbocycles. The van der Waals surface area contributed by atoms with Gasteiger partial charge in [0.05, 0.1) is 7.45 Å². The van der Waals surface area contributed by atoms with Gasteiger partial charge in [-0.1, -0.05) is 25.5 Å². The third-order valence-electron chi connectivity index (χ3n) is 7.24. The van der Waals surface area contributed by atoms with E-state index in [9.17, 15) is 5.11 Å². The van der Waals surface area contributed by atoms with Crippen molar-refractivity contribution in [2.75, 3.05) is 0 Å². The first kappa shape index (κ1) is 10.1. The van der Waals surface area contributed by atoms with Gasteiger partial charge < -0.3 is 10.9 Å². The molecule has 3 N–H and O–H groups in total. The Kier molecular flexibility index (Phi) is 2.22. The zero-order chi connectivity index (χ0) is 20.0. The highest BCUT2D eigenvalue weighted by Gasteiger charge is 2.57. The molecule has 0 unspecified atom stereocenters. The van der Waals surface area contributed by atoms with E-state index in [1.807, 2.05) is 13.0 Å². The van der Waals surface area contributed by atoms with E-state index >= 15 is 0 Å². The molecule has 0 aromatic carbocycles. The summed E-state index contributed by atoms with van der Waals surface area (Å²) in [5.41, 5.74) is 0.812. The average Bonchev–Trinajstić information content (AvgIpc) is 2.89. The number of fused-ring (bicyclic) bond motifs is 5. The molecule has 0 bridgehead atoms. The molecular weight excluding hydrogens is 272 g/mol. The first-order valence-electron chi connectivity index (χ1n) is 11.0. The Balaban J connectivity index is 1.80. The second kappa shape index (κ2) is 4.83. The zero-order valence-electron chi connectivity index (χ0n) is 18.5. The SMILES string of the molecule is [2H]C1([2H])C[C@@]2(C)C(=CC[C@@H]3[C@@H]2CC[C@]2(C)/C(=N/N)CC[C@@H]32)C([2H])([2H])[C@@]1([2H])O. The fraction of sp³-hybridized carbons (Fsp3) is 0.842. The maximum absolute atomic E-state index is 10.5. The van der Waals surface area contributed by atoms with Crippen molar-refractivity contribution < 1.29 is 12.0 Å². The van der Waals surface area contributed by atoms with Crippen LogP contribution < -0.4 is 5.84 Å². The van der Waals surface area contributed by atoms with E-state index in [-0.39, 0.29) is 17.8 Å². The molecule has 3 heteroatoms. The first-order chi connectivity index (χ1) is 12.3. The van der Waals surface area contributed by atoms with Crippen LogP contribution in [0.3, 0.4) is 0 Å². The minimum Gasteiger partial charge on any atom is -0.393 e. The quantitative estimate of drug-likeness (QED) is 0.408. The molecule has 0 spiro atoms. The Morgan fingerprint density at radius 3 is 2.86 bits per heavy atom. The molecule has 4 rings (SSSR count). The van der Waals surface area contributed by atoms with Gasteiger partial charge in [0.25, 0.3) is 0 Å². The fourth-order valence-corrected chi connectivity index (χ4v) is 5.95. The number of rotatable bonds is 0. The Morgan fingerprint density at radius 1 is 1.32 bits per heavy atom. The standard InChI is InChI=1S/C19H30N2O/c1-18-9-7-13(22)11-12(18)3-4-14-15-5-6-17(21-20)19(15,2)10-8-16(14)18/h3,13-16,22H,4-11,20H2,1-2H3/b21-17+/t13-,14-,15-,16-,18-,19-/m0/s1/i7D2,11D2,13D. The van der Waals surface area contributed by atoms with Crippen molar-refractivity contribution in [1.29, 1.82) is 0 Å². The van der Waals surface area contributed by atoms with Crippen LogP contribution in [-0.2, 0) is 0 Å². The molecule has 0 amide bonds. The van der Waals surface area contributed by atoms with E-state index in [1.165, 1.54) is 0 Å². The van der Waals surface area contributed by atoms with Gasteiger partial charge in [-0.25, -0.2) is 0 Å². The lowest BCUT2D eigenvalue weighted by Crippen LogP contribution is -2.50. The summed E-state index contributed by atoms with van der Waals surface area (Å²) in [7, 11) is 0. The maximum Gasteiger partial charge on any atom is 0.0604 e. The average molecular weight is 307 g/mol. The van der Waals surface area contributed by atoms with Gasteiger partial charge in [-0.2, -0.15) is 5.10 Å². The molecule has 0 aromatic heterocycles. The smallest absolute Gasteiger partial charge is 0.0604 e. The number of nitrogens with two attached hydrogens (primary N) is 1. The van der Waals surface area contributed by atoms with Gasteiger partial charge in [-0.3, -0.25) is 0 Å². The Hall–Kier alpha value is -0.830. The van der Waals surface area contributed by atoms with Crippen molar-refractivity contribution >= 4 is 5.71 Å². The van der Waals surface area contributed by atoms with Crippen molar-refractivity contribution in [2.45, 2.75) is 71.2 Å². The molecule has 6 atom stereocenters. The number of hydrogen-bond donors (Lipinski definition) is 2. The van der Waals surface area contributed by atoms with Crippen molar-refractivity contribution in [2.24, 2.45) is 39.5 Å². The molecule has 0 saturated heterocycles. The lowest BCUT2D eigenvalue weighted by Gasteiger charge is -2.57. The van der Waals surface area contributed by atoms with Crippen LogP contribution in [-0.4, -0.2) is 16.9 Å². The maximum atomic E-state index is 10.5. The van der Waals surface area contributed by atoms with Gasteiger partial charge in [0.15, 0.2) is 0 Å².